The van der Waals surface area contributed by atoms with Crippen LogP contribution in [-0.2, 0) is 0 Å². The van der Waals surface area contributed by atoms with Crippen molar-refractivity contribution in [3.05, 3.63) is 0 Å². The minimum absolute atomic E-state index is 1.20. The zero-order valence-electron chi connectivity index (χ0n) is 10.4. The molecule has 0 atom stereocenters. The third kappa shape index (κ3) is 5.79. The minimum atomic E-state index is 1.20. The van der Waals surface area contributed by atoms with E-state index in [1.165, 1.54) is 63.6 Å². The van der Waals surface area contributed by atoms with Gasteiger partial charge in [0.25, 0.3) is 0 Å². The summed E-state index contributed by atoms with van der Waals surface area (Å²) in [6.45, 7) is 12.1. The van der Waals surface area contributed by atoms with Gasteiger partial charge in [0.1, 0.15) is 0 Å². The van der Waals surface area contributed by atoms with Crippen LogP contribution in [0.15, 0.2) is 0 Å². The van der Waals surface area contributed by atoms with E-state index in [1.54, 1.807) is 0 Å². The van der Waals surface area contributed by atoms with Gasteiger partial charge in [-0.25, -0.2) is 0 Å². The predicted octanol–water partition coefficient (Wildman–Crippen LogP) is 2.16. The lowest BCUT2D eigenvalue weighted by molar-refractivity contribution is 0.247. The van der Waals surface area contributed by atoms with Crippen LogP contribution in [0.2, 0.25) is 0 Å². The highest BCUT2D eigenvalue weighted by Gasteiger charge is 2.08. The van der Waals surface area contributed by atoms with E-state index in [0.29, 0.717) is 0 Å². The van der Waals surface area contributed by atoms with Gasteiger partial charge in [-0.1, -0.05) is 13.8 Å². The number of thioether (sulfide) groups is 1. The molecule has 1 aliphatic rings. The van der Waals surface area contributed by atoms with Crippen LogP contribution in [0, 0.1) is 0 Å². The van der Waals surface area contributed by atoms with Gasteiger partial charge in [-0.05, 0) is 51.3 Å². The van der Waals surface area contributed by atoms with Gasteiger partial charge < -0.3 is 9.80 Å². The molecule has 0 aliphatic carbocycles. The molecule has 0 aromatic heterocycles. The molecule has 0 unspecified atom stereocenters. The van der Waals surface area contributed by atoms with Crippen molar-refractivity contribution < 1.29 is 0 Å². The molecule has 15 heavy (non-hydrogen) atoms. The van der Waals surface area contributed by atoms with Crippen molar-refractivity contribution in [2.75, 3.05) is 50.8 Å². The van der Waals surface area contributed by atoms with E-state index in [-0.39, 0.29) is 0 Å². The third-order valence-corrected chi connectivity index (χ3v) is 4.21. The molecule has 2 nitrogen and oxygen atoms in total. The monoisotopic (exact) mass is 230 g/mol. The Morgan fingerprint density at radius 1 is 1.13 bits per heavy atom. The van der Waals surface area contributed by atoms with E-state index in [0.717, 1.165) is 0 Å². The molecule has 1 heterocycles. The average Bonchev–Trinajstić information content (AvgIpc) is 2.53. The summed E-state index contributed by atoms with van der Waals surface area (Å²) in [6.07, 6.45) is 2.72. The molecular formula is C12H26N2S. The van der Waals surface area contributed by atoms with Crippen molar-refractivity contribution in [1.82, 2.24) is 9.80 Å². The van der Waals surface area contributed by atoms with Crippen molar-refractivity contribution in [1.29, 1.82) is 0 Å². The van der Waals surface area contributed by atoms with E-state index >= 15 is 0 Å². The lowest BCUT2D eigenvalue weighted by Gasteiger charge is -2.22. The second-order valence-electron chi connectivity index (χ2n) is 4.19. The molecule has 0 saturated carbocycles. The zero-order chi connectivity index (χ0) is 10.9. The highest BCUT2D eigenvalue weighted by molar-refractivity contribution is 7.99. The fourth-order valence-corrected chi connectivity index (χ4v) is 3.00. The Balaban J connectivity index is 2.07. The van der Waals surface area contributed by atoms with Crippen LogP contribution < -0.4 is 0 Å². The second-order valence-corrected chi connectivity index (χ2v) is 5.41. The van der Waals surface area contributed by atoms with Crippen LogP contribution in [0.1, 0.15) is 26.7 Å². The molecule has 0 spiro atoms. The molecule has 0 amide bonds. The molecule has 90 valence electrons. The van der Waals surface area contributed by atoms with Crippen molar-refractivity contribution in [2.45, 2.75) is 26.7 Å². The van der Waals surface area contributed by atoms with E-state index in [9.17, 15) is 0 Å². The summed E-state index contributed by atoms with van der Waals surface area (Å²) >= 11 is 2.12. The Hall–Kier alpha value is 0.270. The summed E-state index contributed by atoms with van der Waals surface area (Å²) in [7, 11) is 0. The van der Waals surface area contributed by atoms with E-state index in [4.69, 9.17) is 0 Å². The quantitative estimate of drug-likeness (QED) is 0.690. The fraction of sp³-hybridized carbons (Fsp3) is 1.00. The van der Waals surface area contributed by atoms with Crippen LogP contribution in [0.3, 0.4) is 0 Å². The summed E-state index contributed by atoms with van der Waals surface area (Å²) in [5, 5.41) is 0. The zero-order valence-corrected chi connectivity index (χ0v) is 11.2. The fourth-order valence-electron chi connectivity index (χ4n) is 2.08. The smallest absolute Gasteiger partial charge is 0.00724 e. The molecule has 1 saturated heterocycles. The second kappa shape index (κ2) is 8.43. The highest BCUT2D eigenvalue weighted by Crippen LogP contribution is 2.10. The van der Waals surface area contributed by atoms with Crippen molar-refractivity contribution >= 4 is 11.8 Å². The van der Waals surface area contributed by atoms with Gasteiger partial charge in [-0.2, -0.15) is 11.8 Å². The van der Waals surface area contributed by atoms with Crippen molar-refractivity contribution in [2.24, 2.45) is 0 Å². The highest BCUT2D eigenvalue weighted by atomic mass is 32.2. The van der Waals surface area contributed by atoms with Gasteiger partial charge in [0, 0.05) is 12.3 Å². The summed E-state index contributed by atoms with van der Waals surface area (Å²) in [5.74, 6) is 2.71. The molecule has 1 fully saturated rings. The first-order chi connectivity index (χ1) is 7.36. The molecule has 1 rings (SSSR count). The standard InChI is InChI=1S/C12H26N2S/c1-3-13(4-2)7-5-8-14-9-6-11-15-12-10-14/h3-12H2,1-2H3. The number of nitrogens with zero attached hydrogens (tertiary/aromatic N) is 2. The largest absolute Gasteiger partial charge is 0.304 e. The van der Waals surface area contributed by atoms with Crippen molar-refractivity contribution in [3.63, 3.8) is 0 Å². The Kier molecular flexibility index (Phi) is 7.49. The summed E-state index contributed by atoms with van der Waals surface area (Å²) in [5.41, 5.74) is 0. The Morgan fingerprint density at radius 2 is 1.93 bits per heavy atom. The maximum absolute atomic E-state index is 2.64. The van der Waals surface area contributed by atoms with Crippen molar-refractivity contribution in [3.8, 4) is 0 Å². The topological polar surface area (TPSA) is 6.48 Å². The summed E-state index contributed by atoms with van der Waals surface area (Å²) < 4.78 is 0. The normalized spacial score (nSPS) is 19.4. The van der Waals surface area contributed by atoms with Gasteiger partial charge in [-0.3, -0.25) is 0 Å². The van der Waals surface area contributed by atoms with Crippen LogP contribution in [0.5, 0.6) is 0 Å². The predicted molar refractivity (Wildman–Crippen MR) is 70.8 cm³/mol. The first-order valence-corrected chi connectivity index (χ1v) is 7.54. The van der Waals surface area contributed by atoms with Crippen LogP contribution in [0.4, 0.5) is 0 Å². The number of hydrogen-bond donors (Lipinski definition) is 0. The Morgan fingerprint density at radius 3 is 2.67 bits per heavy atom. The molecule has 0 aromatic carbocycles. The van der Waals surface area contributed by atoms with Gasteiger partial charge in [-0.15, -0.1) is 0 Å². The van der Waals surface area contributed by atoms with Gasteiger partial charge >= 0.3 is 0 Å². The van der Waals surface area contributed by atoms with Crippen LogP contribution >= 0.6 is 11.8 Å². The SMILES string of the molecule is CCN(CC)CCCN1CCCSCC1. The molecule has 3 heteroatoms. The van der Waals surface area contributed by atoms with Crippen LogP contribution in [0.25, 0.3) is 0 Å². The maximum Gasteiger partial charge on any atom is 0.00724 e. The van der Waals surface area contributed by atoms with Gasteiger partial charge in [0.05, 0.1) is 0 Å². The number of hydrogen-bond acceptors (Lipinski definition) is 3. The van der Waals surface area contributed by atoms with Gasteiger partial charge in [0.2, 0.25) is 0 Å². The summed E-state index contributed by atoms with van der Waals surface area (Å²) in [6, 6.07) is 0. The van der Waals surface area contributed by atoms with Gasteiger partial charge in [0.15, 0.2) is 0 Å². The number of rotatable bonds is 6. The molecule has 0 N–H and O–H groups in total. The Labute approximate surface area is 99.4 Å². The molecule has 0 bridgehead atoms. The average molecular weight is 230 g/mol. The molecule has 1 aliphatic heterocycles. The van der Waals surface area contributed by atoms with E-state index in [1.807, 2.05) is 0 Å². The molecule has 0 aromatic rings. The lowest BCUT2D eigenvalue weighted by atomic mass is 10.3. The molecular weight excluding hydrogens is 204 g/mol. The Bertz CT molecular complexity index is 141. The molecule has 0 radical (unpaired) electrons. The summed E-state index contributed by atoms with van der Waals surface area (Å²) in [4.78, 5) is 5.16. The first-order valence-electron chi connectivity index (χ1n) is 6.39. The third-order valence-electron chi connectivity index (χ3n) is 3.16. The van der Waals surface area contributed by atoms with E-state index in [2.05, 4.69) is 35.4 Å². The maximum atomic E-state index is 2.64. The lowest BCUT2D eigenvalue weighted by Crippen LogP contribution is -2.31. The first kappa shape index (κ1) is 13.3. The van der Waals surface area contributed by atoms with E-state index < -0.39 is 0 Å². The minimum Gasteiger partial charge on any atom is -0.304 e. The van der Waals surface area contributed by atoms with Crippen LogP contribution in [-0.4, -0.2) is 60.6 Å².